The number of carbonyl (C=O) groups is 1. The van der Waals surface area contributed by atoms with Crippen LogP contribution >= 0.6 is 0 Å². The summed E-state index contributed by atoms with van der Waals surface area (Å²) in [6.07, 6.45) is 0.879. The lowest BCUT2D eigenvalue weighted by Crippen LogP contribution is -2.47. The van der Waals surface area contributed by atoms with Gasteiger partial charge < -0.3 is 5.11 Å². The summed E-state index contributed by atoms with van der Waals surface area (Å²) in [5, 5.41) is 9.04. The quantitative estimate of drug-likeness (QED) is 0.922. The molecule has 1 N–H and O–H groups in total. The minimum absolute atomic E-state index is 0.118. The average molecular weight is 301 g/mol. The first-order valence-electron chi connectivity index (χ1n) is 6.33. The number of carboxylic acid groups (broad SMARTS) is 1. The number of carboxylic acids is 1. The molecule has 0 radical (unpaired) electrons. The summed E-state index contributed by atoms with van der Waals surface area (Å²) >= 11 is 0. The number of rotatable bonds is 3. The number of hydrogen-bond acceptors (Lipinski definition) is 3. The molecule has 7 heteroatoms. The summed E-state index contributed by atoms with van der Waals surface area (Å²) in [6.45, 7) is 1.59. The Morgan fingerprint density at radius 1 is 1.35 bits per heavy atom. The lowest BCUT2D eigenvalue weighted by Gasteiger charge is -2.35. The van der Waals surface area contributed by atoms with Crippen LogP contribution in [-0.2, 0) is 14.8 Å². The fourth-order valence-corrected chi connectivity index (χ4v) is 4.16. The second-order valence-electron chi connectivity index (χ2n) is 4.97. The minimum Gasteiger partial charge on any atom is -0.481 e. The van der Waals surface area contributed by atoms with Crippen LogP contribution in [0.3, 0.4) is 0 Å². The Morgan fingerprint density at radius 3 is 2.60 bits per heavy atom. The van der Waals surface area contributed by atoms with E-state index < -0.39 is 32.6 Å². The van der Waals surface area contributed by atoms with E-state index in [0.29, 0.717) is 12.8 Å². The number of nitrogens with zero attached hydrogens (tertiary/aromatic N) is 1. The molecule has 2 unspecified atom stereocenters. The molecule has 0 amide bonds. The summed E-state index contributed by atoms with van der Waals surface area (Å²) in [7, 11) is -4.01. The molecule has 0 spiro atoms. The molecule has 0 aromatic heterocycles. The van der Waals surface area contributed by atoms with E-state index in [4.69, 9.17) is 5.11 Å². The summed E-state index contributed by atoms with van der Waals surface area (Å²) in [5.41, 5.74) is 0. The Bertz CT molecular complexity index is 617. The minimum atomic E-state index is -4.01. The molecule has 1 aliphatic heterocycles. The predicted molar refractivity (Wildman–Crippen MR) is 70.1 cm³/mol. The van der Waals surface area contributed by atoms with Gasteiger partial charge >= 0.3 is 5.97 Å². The predicted octanol–water partition coefficient (Wildman–Crippen LogP) is 1.70. The van der Waals surface area contributed by atoms with Gasteiger partial charge in [0.1, 0.15) is 10.7 Å². The van der Waals surface area contributed by atoms with Crippen molar-refractivity contribution in [1.82, 2.24) is 4.31 Å². The lowest BCUT2D eigenvalue weighted by atomic mass is 9.96. The van der Waals surface area contributed by atoms with Crippen LogP contribution in [0.25, 0.3) is 0 Å². The van der Waals surface area contributed by atoms with E-state index in [0.717, 1.165) is 10.4 Å². The summed E-state index contributed by atoms with van der Waals surface area (Å²) in [6, 6.07) is 4.79. The molecule has 5 nitrogen and oxygen atoms in total. The highest BCUT2D eigenvalue weighted by molar-refractivity contribution is 7.89. The first kappa shape index (κ1) is 14.9. The largest absolute Gasteiger partial charge is 0.481 e. The van der Waals surface area contributed by atoms with Crippen molar-refractivity contribution in [2.45, 2.75) is 30.7 Å². The fraction of sp³-hybridized carbons (Fsp3) is 0.462. The maximum absolute atomic E-state index is 13.7. The van der Waals surface area contributed by atoms with Crippen molar-refractivity contribution in [2.75, 3.05) is 6.54 Å². The van der Waals surface area contributed by atoms with Gasteiger partial charge in [-0.25, -0.2) is 12.8 Å². The molecule has 1 heterocycles. The van der Waals surface area contributed by atoms with E-state index in [-0.39, 0.29) is 12.6 Å². The zero-order chi connectivity index (χ0) is 14.9. The molecule has 110 valence electrons. The average Bonchev–Trinajstić information content (AvgIpc) is 2.39. The second-order valence-corrected chi connectivity index (χ2v) is 6.83. The van der Waals surface area contributed by atoms with E-state index >= 15 is 0 Å². The Kier molecular flexibility index (Phi) is 4.10. The smallest absolute Gasteiger partial charge is 0.307 e. The van der Waals surface area contributed by atoms with Crippen molar-refractivity contribution in [3.8, 4) is 0 Å². The molecule has 0 saturated carbocycles. The van der Waals surface area contributed by atoms with Gasteiger partial charge in [-0.1, -0.05) is 12.1 Å². The zero-order valence-corrected chi connectivity index (χ0v) is 11.8. The SMILES string of the molecule is CC1CCC(C(=O)O)CN1S(=O)(=O)c1ccccc1F. The Labute approximate surface area is 117 Å². The molecule has 1 aliphatic rings. The normalized spacial score (nSPS) is 24.5. The third kappa shape index (κ3) is 2.69. The first-order valence-corrected chi connectivity index (χ1v) is 7.77. The van der Waals surface area contributed by atoms with Crippen molar-refractivity contribution >= 4 is 16.0 Å². The highest BCUT2D eigenvalue weighted by Gasteiger charge is 2.38. The highest BCUT2D eigenvalue weighted by atomic mass is 32.2. The molecular formula is C13H16FNO4S. The van der Waals surface area contributed by atoms with Gasteiger partial charge in [-0.05, 0) is 31.9 Å². The Balaban J connectivity index is 2.37. The van der Waals surface area contributed by atoms with Crippen LogP contribution in [0.1, 0.15) is 19.8 Å². The maximum atomic E-state index is 13.7. The van der Waals surface area contributed by atoms with Crippen LogP contribution in [0.5, 0.6) is 0 Å². The molecule has 2 atom stereocenters. The van der Waals surface area contributed by atoms with Gasteiger partial charge in [0.05, 0.1) is 5.92 Å². The summed E-state index contributed by atoms with van der Waals surface area (Å²) in [4.78, 5) is 10.6. The molecule has 20 heavy (non-hydrogen) atoms. The number of aliphatic carboxylic acids is 1. The number of benzene rings is 1. The fourth-order valence-electron chi connectivity index (χ4n) is 2.39. The summed E-state index contributed by atoms with van der Waals surface area (Å²) in [5.74, 6) is -2.59. The molecule has 1 aromatic rings. The third-order valence-electron chi connectivity index (χ3n) is 3.60. The van der Waals surface area contributed by atoms with Crippen molar-refractivity contribution in [2.24, 2.45) is 5.92 Å². The van der Waals surface area contributed by atoms with Crippen LogP contribution in [0.4, 0.5) is 4.39 Å². The molecule has 0 bridgehead atoms. The van der Waals surface area contributed by atoms with E-state index in [1.807, 2.05) is 0 Å². The van der Waals surface area contributed by atoms with Gasteiger partial charge in [0, 0.05) is 12.6 Å². The van der Waals surface area contributed by atoms with E-state index in [9.17, 15) is 17.6 Å². The van der Waals surface area contributed by atoms with Gasteiger partial charge in [0.25, 0.3) is 0 Å². The molecule has 2 rings (SSSR count). The molecular weight excluding hydrogens is 285 g/mol. The summed E-state index contributed by atoms with van der Waals surface area (Å²) < 4.78 is 39.8. The molecule has 1 saturated heterocycles. The van der Waals surface area contributed by atoms with Crippen molar-refractivity contribution in [3.05, 3.63) is 30.1 Å². The van der Waals surface area contributed by atoms with Crippen molar-refractivity contribution < 1.29 is 22.7 Å². The topological polar surface area (TPSA) is 74.7 Å². The van der Waals surface area contributed by atoms with Gasteiger partial charge in [0.15, 0.2) is 0 Å². The Morgan fingerprint density at radius 2 is 2.00 bits per heavy atom. The van der Waals surface area contributed by atoms with Crippen molar-refractivity contribution in [1.29, 1.82) is 0 Å². The number of halogens is 1. The first-order chi connectivity index (χ1) is 9.34. The van der Waals surface area contributed by atoms with Gasteiger partial charge in [0.2, 0.25) is 10.0 Å². The van der Waals surface area contributed by atoms with Crippen LogP contribution in [-0.4, -0.2) is 36.4 Å². The maximum Gasteiger partial charge on any atom is 0.307 e. The van der Waals surface area contributed by atoms with Crippen LogP contribution in [0.2, 0.25) is 0 Å². The number of hydrogen-bond donors (Lipinski definition) is 1. The number of piperidine rings is 1. The van der Waals surface area contributed by atoms with E-state index in [1.165, 1.54) is 18.2 Å². The highest BCUT2D eigenvalue weighted by Crippen LogP contribution is 2.29. The molecule has 0 aliphatic carbocycles. The van der Waals surface area contributed by atoms with Gasteiger partial charge in [-0.15, -0.1) is 0 Å². The van der Waals surface area contributed by atoms with E-state index in [1.54, 1.807) is 6.92 Å². The van der Waals surface area contributed by atoms with Crippen LogP contribution in [0, 0.1) is 11.7 Å². The second kappa shape index (κ2) is 5.49. The lowest BCUT2D eigenvalue weighted by molar-refractivity contribution is -0.143. The molecule has 1 fully saturated rings. The third-order valence-corrected chi connectivity index (χ3v) is 5.61. The number of sulfonamides is 1. The van der Waals surface area contributed by atoms with Gasteiger partial charge in [-0.2, -0.15) is 4.31 Å². The van der Waals surface area contributed by atoms with Gasteiger partial charge in [-0.3, -0.25) is 4.79 Å². The molecule has 1 aromatic carbocycles. The Hall–Kier alpha value is -1.47. The monoisotopic (exact) mass is 301 g/mol. The van der Waals surface area contributed by atoms with E-state index in [2.05, 4.69) is 0 Å². The zero-order valence-electron chi connectivity index (χ0n) is 11.0. The standard InChI is InChI=1S/C13H16FNO4S/c1-9-6-7-10(13(16)17)8-15(9)20(18,19)12-5-3-2-4-11(12)14/h2-5,9-10H,6-8H2,1H3,(H,16,17). The van der Waals surface area contributed by atoms with Crippen LogP contribution in [0.15, 0.2) is 29.2 Å². The van der Waals surface area contributed by atoms with Crippen LogP contribution < -0.4 is 0 Å². The van der Waals surface area contributed by atoms with Crippen molar-refractivity contribution in [3.63, 3.8) is 0 Å².